The predicted molar refractivity (Wildman–Crippen MR) is 87.9 cm³/mol. The van der Waals surface area contributed by atoms with E-state index in [1.165, 1.54) is 25.7 Å². The Morgan fingerprint density at radius 1 is 1.09 bits per heavy atom. The fourth-order valence-corrected chi connectivity index (χ4v) is 2.50. The van der Waals surface area contributed by atoms with Gasteiger partial charge in [-0.05, 0) is 24.7 Å². The van der Waals surface area contributed by atoms with Crippen LogP contribution in [0.3, 0.4) is 0 Å². The molecule has 2 N–H and O–H groups in total. The summed E-state index contributed by atoms with van der Waals surface area (Å²) < 4.78 is 5.25. The molecule has 130 valence electrons. The highest BCUT2D eigenvalue weighted by atomic mass is 16.5. The first kappa shape index (κ1) is 20.7. The zero-order valence-corrected chi connectivity index (χ0v) is 14.4. The molecule has 0 radical (unpaired) electrons. The van der Waals surface area contributed by atoms with Crippen LogP contribution in [0.2, 0.25) is 0 Å². The van der Waals surface area contributed by atoms with Crippen LogP contribution in [0.25, 0.3) is 0 Å². The summed E-state index contributed by atoms with van der Waals surface area (Å²) in [4.78, 5) is 22.4. The predicted octanol–water partition coefficient (Wildman–Crippen LogP) is 4.21. The Morgan fingerprint density at radius 2 is 1.73 bits per heavy atom. The highest BCUT2D eigenvalue weighted by Crippen LogP contribution is 2.16. The zero-order chi connectivity index (χ0) is 16.8. The van der Waals surface area contributed by atoms with Gasteiger partial charge in [0, 0.05) is 6.54 Å². The van der Waals surface area contributed by atoms with E-state index < -0.39 is 6.09 Å². The van der Waals surface area contributed by atoms with E-state index in [2.05, 4.69) is 26.1 Å². The van der Waals surface area contributed by atoms with Gasteiger partial charge in [-0.1, -0.05) is 52.9 Å². The molecule has 0 heterocycles. The Hall–Kier alpha value is -1.26. The van der Waals surface area contributed by atoms with Crippen molar-refractivity contribution in [2.75, 3.05) is 13.2 Å². The minimum atomic E-state index is -1.05. The molecule has 0 fully saturated rings. The van der Waals surface area contributed by atoms with E-state index in [1.54, 1.807) is 0 Å². The van der Waals surface area contributed by atoms with E-state index in [-0.39, 0.29) is 18.3 Å². The molecular formula is C17H33NO4. The summed E-state index contributed by atoms with van der Waals surface area (Å²) in [6.45, 7) is 7.10. The van der Waals surface area contributed by atoms with Crippen LogP contribution in [0.1, 0.15) is 72.1 Å². The first-order valence-corrected chi connectivity index (χ1v) is 8.58. The summed E-state index contributed by atoms with van der Waals surface area (Å²) in [5.41, 5.74) is 0. The summed E-state index contributed by atoms with van der Waals surface area (Å²) in [5.74, 6) is 0.214. The number of amides is 1. The monoisotopic (exact) mass is 315 g/mol. The number of carbonyl (C=O) groups excluding carboxylic acids is 1. The molecule has 0 bridgehead atoms. The Labute approximate surface area is 134 Å². The van der Waals surface area contributed by atoms with Crippen molar-refractivity contribution in [3.05, 3.63) is 0 Å². The molecule has 0 saturated carbocycles. The second-order valence-corrected chi connectivity index (χ2v) is 6.37. The van der Waals surface area contributed by atoms with Crippen LogP contribution in [-0.4, -0.2) is 30.3 Å². The molecule has 5 heteroatoms. The molecule has 0 aromatic carbocycles. The number of unbranched alkanes of at least 4 members (excludes halogenated alkanes) is 5. The summed E-state index contributed by atoms with van der Waals surface area (Å²) in [5, 5.41) is 11.0. The van der Waals surface area contributed by atoms with Crippen LogP contribution in [0, 0.1) is 11.8 Å². The summed E-state index contributed by atoms with van der Waals surface area (Å²) in [7, 11) is 0. The Kier molecular flexibility index (Phi) is 12.6. The number of hydrogen-bond donors (Lipinski definition) is 2. The van der Waals surface area contributed by atoms with Crippen molar-refractivity contribution in [1.29, 1.82) is 0 Å². The highest BCUT2D eigenvalue weighted by molar-refractivity contribution is 5.70. The molecule has 0 saturated heterocycles. The summed E-state index contributed by atoms with van der Waals surface area (Å²) >= 11 is 0. The van der Waals surface area contributed by atoms with Crippen LogP contribution >= 0.6 is 0 Å². The second-order valence-electron chi connectivity index (χ2n) is 6.37. The second kappa shape index (κ2) is 13.4. The van der Waals surface area contributed by atoms with Crippen LogP contribution in [-0.2, 0) is 9.53 Å². The number of ether oxygens (including phenoxy) is 1. The Morgan fingerprint density at radius 3 is 2.32 bits per heavy atom. The minimum Gasteiger partial charge on any atom is -0.466 e. The SMILES string of the molecule is CCCCCCCCOC(=O)CC(CNC(=O)O)CC(C)C. The smallest absolute Gasteiger partial charge is 0.404 e. The lowest BCUT2D eigenvalue weighted by atomic mass is 9.94. The van der Waals surface area contributed by atoms with Gasteiger partial charge in [-0.3, -0.25) is 4.79 Å². The van der Waals surface area contributed by atoms with E-state index in [0.29, 0.717) is 19.1 Å². The average molecular weight is 315 g/mol. The lowest BCUT2D eigenvalue weighted by Gasteiger charge is -2.18. The molecule has 0 aliphatic heterocycles. The van der Waals surface area contributed by atoms with Gasteiger partial charge in [-0.25, -0.2) is 4.79 Å². The third-order valence-electron chi connectivity index (χ3n) is 3.56. The third kappa shape index (κ3) is 13.7. The van der Waals surface area contributed by atoms with E-state index in [1.807, 2.05) is 0 Å². The average Bonchev–Trinajstić information content (AvgIpc) is 2.43. The normalized spacial score (nSPS) is 12.2. The molecule has 5 nitrogen and oxygen atoms in total. The molecule has 0 rings (SSSR count). The van der Waals surface area contributed by atoms with Gasteiger partial charge < -0.3 is 15.2 Å². The molecule has 1 unspecified atom stereocenters. The van der Waals surface area contributed by atoms with Crippen molar-refractivity contribution in [2.45, 2.75) is 72.1 Å². The standard InChI is InChI=1S/C17H33NO4/c1-4-5-6-7-8-9-10-22-16(19)12-15(11-14(2)3)13-18-17(20)21/h14-15,18H,4-13H2,1-3H3,(H,20,21). The number of nitrogens with one attached hydrogen (secondary N) is 1. The maximum atomic E-state index is 11.8. The van der Waals surface area contributed by atoms with Gasteiger partial charge in [-0.15, -0.1) is 0 Å². The lowest BCUT2D eigenvalue weighted by Crippen LogP contribution is -2.30. The number of rotatable bonds is 13. The third-order valence-corrected chi connectivity index (χ3v) is 3.56. The summed E-state index contributed by atoms with van der Waals surface area (Å²) in [6, 6.07) is 0. The maximum Gasteiger partial charge on any atom is 0.404 e. The largest absolute Gasteiger partial charge is 0.466 e. The molecule has 0 aliphatic rings. The highest BCUT2D eigenvalue weighted by Gasteiger charge is 2.17. The lowest BCUT2D eigenvalue weighted by molar-refractivity contribution is -0.145. The number of carbonyl (C=O) groups is 2. The van der Waals surface area contributed by atoms with E-state index >= 15 is 0 Å². The minimum absolute atomic E-state index is 0.00755. The van der Waals surface area contributed by atoms with Crippen LogP contribution in [0.15, 0.2) is 0 Å². The fraction of sp³-hybridized carbons (Fsp3) is 0.882. The van der Waals surface area contributed by atoms with Crippen molar-refractivity contribution < 1.29 is 19.4 Å². The van der Waals surface area contributed by atoms with Crippen molar-refractivity contribution in [3.63, 3.8) is 0 Å². The maximum absolute atomic E-state index is 11.8. The molecule has 22 heavy (non-hydrogen) atoms. The quantitative estimate of drug-likeness (QED) is 0.394. The molecular weight excluding hydrogens is 282 g/mol. The van der Waals surface area contributed by atoms with Crippen LogP contribution in [0.4, 0.5) is 4.79 Å². The van der Waals surface area contributed by atoms with E-state index in [9.17, 15) is 9.59 Å². The van der Waals surface area contributed by atoms with E-state index in [0.717, 1.165) is 19.3 Å². The van der Waals surface area contributed by atoms with Crippen LogP contribution < -0.4 is 5.32 Å². The number of hydrogen-bond acceptors (Lipinski definition) is 3. The van der Waals surface area contributed by atoms with Gasteiger partial charge in [-0.2, -0.15) is 0 Å². The fourth-order valence-electron chi connectivity index (χ4n) is 2.50. The van der Waals surface area contributed by atoms with Gasteiger partial charge in [0.1, 0.15) is 0 Å². The molecule has 0 spiro atoms. The number of esters is 1. The topological polar surface area (TPSA) is 75.6 Å². The first-order valence-electron chi connectivity index (χ1n) is 8.58. The van der Waals surface area contributed by atoms with Gasteiger partial charge in [0.2, 0.25) is 0 Å². The van der Waals surface area contributed by atoms with E-state index in [4.69, 9.17) is 9.84 Å². The van der Waals surface area contributed by atoms with Crippen molar-refractivity contribution in [2.24, 2.45) is 11.8 Å². The van der Waals surface area contributed by atoms with Crippen LogP contribution in [0.5, 0.6) is 0 Å². The van der Waals surface area contributed by atoms with Gasteiger partial charge >= 0.3 is 12.1 Å². The zero-order valence-electron chi connectivity index (χ0n) is 14.4. The van der Waals surface area contributed by atoms with Crippen molar-refractivity contribution in [1.82, 2.24) is 5.32 Å². The molecule has 0 aromatic heterocycles. The Bertz CT molecular complexity index is 305. The van der Waals surface area contributed by atoms with Gasteiger partial charge in [0.25, 0.3) is 0 Å². The molecule has 1 amide bonds. The Balaban J connectivity index is 3.84. The molecule has 1 atom stereocenters. The van der Waals surface area contributed by atoms with Crippen molar-refractivity contribution in [3.8, 4) is 0 Å². The molecule has 0 aromatic rings. The van der Waals surface area contributed by atoms with Gasteiger partial charge in [0.05, 0.1) is 13.0 Å². The first-order chi connectivity index (χ1) is 10.5. The van der Waals surface area contributed by atoms with Crippen molar-refractivity contribution >= 4 is 12.1 Å². The van der Waals surface area contributed by atoms with Gasteiger partial charge in [0.15, 0.2) is 0 Å². The number of carboxylic acid groups (broad SMARTS) is 1. The summed E-state index contributed by atoms with van der Waals surface area (Å²) in [6.07, 6.45) is 7.02. The molecule has 0 aliphatic carbocycles.